The molecule has 19 heavy (non-hydrogen) atoms. The fraction of sp³-hybridized carbons (Fsp3) is 1.00. The van der Waals surface area contributed by atoms with Crippen molar-refractivity contribution in [1.29, 1.82) is 0 Å². The molecule has 2 aliphatic rings. The molecule has 0 bridgehead atoms. The van der Waals surface area contributed by atoms with Crippen molar-refractivity contribution in [2.24, 2.45) is 5.73 Å². The lowest BCUT2D eigenvalue weighted by atomic mass is 10.1. The average molecular weight is 270 g/mol. The van der Waals surface area contributed by atoms with E-state index in [9.17, 15) is 0 Å². The van der Waals surface area contributed by atoms with Crippen LogP contribution < -0.4 is 5.73 Å². The van der Waals surface area contributed by atoms with Crippen molar-refractivity contribution < 1.29 is 9.47 Å². The fourth-order valence-electron chi connectivity index (χ4n) is 3.05. The van der Waals surface area contributed by atoms with Crippen LogP contribution in [0.1, 0.15) is 44.9 Å². The second-order valence-electron chi connectivity index (χ2n) is 5.83. The predicted octanol–water partition coefficient (Wildman–Crippen LogP) is 1.78. The van der Waals surface area contributed by atoms with Gasteiger partial charge in [0.1, 0.15) is 0 Å². The second kappa shape index (κ2) is 8.90. The molecule has 0 aromatic heterocycles. The van der Waals surface area contributed by atoms with Crippen LogP contribution in [0.5, 0.6) is 0 Å². The number of hydrogen-bond acceptors (Lipinski definition) is 4. The Morgan fingerprint density at radius 1 is 1.16 bits per heavy atom. The van der Waals surface area contributed by atoms with Crippen LogP contribution in [0, 0.1) is 0 Å². The first-order valence-electron chi connectivity index (χ1n) is 8.04. The van der Waals surface area contributed by atoms with Gasteiger partial charge >= 0.3 is 0 Å². The molecule has 2 rings (SSSR count). The van der Waals surface area contributed by atoms with E-state index < -0.39 is 0 Å². The molecule has 112 valence electrons. The fourth-order valence-corrected chi connectivity index (χ4v) is 3.05. The zero-order chi connectivity index (χ0) is 13.3. The molecule has 1 unspecified atom stereocenters. The Morgan fingerprint density at radius 2 is 2.00 bits per heavy atom. The third kappa shape index (κ3) is 5.78. The molecule has 2 heterocycles. The summed E-state index contributed by atoms with van der Waals surface area (Å²) < 4.78 is 11.5. The second-order valence-corrected chi connectivity index (χ2v) is 5.83. The van der Waals surface area contributed by atoms with Gasteiger partial charge in [-0.15, -0.1) is 0 Å². The maximum absolute atomic E-state index is 5.83. The van der Waals surface area contributed by atoms with Crippen molar-refractivity contribution in [3.05, 3.63) is 0 Å². The molecule has 2 fully saturated rings. The average Bonchev–Trinajstić information content (AvgIpc) is 2.94. The topological polar surface area (TPSA) is 47.7 Å². The molecule has 0 amide bonds. The molecule has 1 atom stereocenters. The highest BCUT2D eigenvalue weighted by atomic mass is 16.5. The van der Waals surface area contributed by atoms with Gasteiger partial charge in [-0.2, -0.15) is 0 Å². The quantitative estimate of drug-likeness (QED) is 0.683. The molecule has 0 aliphatic carbocycles. The van der Waals surface area contributed by atoms with Gasteiger partial charge < -0.3 is 20.1 Å². The van der Waals surface area contributed by atoms with Gasteiger partial charge in [-0.05, 0) is 58.0 Å². The van der Waals surface area contributed by atoms with Gasteiger partial charge in [0.2, 0.25) is 0 Å². The van der Waals surface area contributed by atoms with Crippen molar-refractivity contribution in [3.63, 3.8) is 0 Å². The van der Waals surface area contributed by atoms with E-state index in [4.69, 9.17) is 15.2 Å². The summed E-state index contributed by atoms with van der Waals surface area (Å²) in [5, 5.41) is 0. The minimum Gasteiger partial charge on any atom is -0.378 e. The van der Waals surface area contributed by atoms with Gasteiger partial charge in [0.05, 0.1) is 12.2 Å². The zero-order valence-corrected chi connectivity index (χ0v) is 12.2. The van der Waals surface area contributed by atoms with Crippen LogP contribution in [0.25, 0.3) is 0 Å². The van der Waals surface area contributed by atoms with E-state index in [-0.39, 0.29) is 0 Å². The smallest absolute Gasteiger partial charge is 0.0599 e. The molecule has 4 heteroatoms. The first-order chi connectivity index (χ1) is 9.38. The Bertz CT molecular complexity index is 224. The Kier molecular flexibility index (Phi) is 7.14. The van der Waals surface area contributed by atoms with E-state index in [1.54, 1.807) is 0 Å². The summed E-state index contributed by atoms with van der Waals surface area (Å²) >= 11 is 0. The Morgan fingerprint density at radius 3 is 2.68 bits per heavy atom. The van der Waals surface area contributed by atoms with Gasteiger partial charge in [-0.1, -0.05) is 0 Å². The van der Waals surface area contributed by atoms with Crippen LogP contribution in [0.3, 0.4) is 0 Å². The monoisotopic (exact) mass is 270 g/mol. The number of hydrogen-bond donors (Lipinski definition) is 1. The first kappa shape index (κ1) is 15.2. The number of nitrogens with two attached hydrogens (primary N) is 1. The summed E-state index contributed by atoms with van der Waals surface area (Å²) in [5.74, 6) is 0. The number of ether oxygens (including phenoxy) is 2. The van der Waals surface area contributed by atoms with Crippen molar-refractivity contribution >= 4 is 0 Å². The Hall–Kier alpha value is -0.160. The summed E-state index contributed by atoms with van der Waals surface area (Å²) in [6, 6.07) is 0. The standard InChI is InChI=1S/C15H30N2O2/c16-8-3-13-19-15-6-10-17(11-7-15)9-1-4-14-5-2-12-18-14/h14-15H,1-13,16H2. The lowest BCUT2D eigenvalue weighted by Crippen LogP contribution is -2.38. The summed E-state index contributed by atoms with van der Waals surface area (Å²) in [5.41, 5.74) is 5.47. The highest BCUT2D eigenvalue weighted by Crippen LogP contribution is 2.18. The molecular formula is C15H30N2O2. The van der Waals surface area contributed by atoms with Gasteiger partial charge in [0.25, 0.3) is 0 Å². The minimum absolute atomic E-state index is 0.473. The van der Waals surface area contributed by atoms with Gasteiger partial charge in [-0.25, -0.2) is 0 Å². The molecule has 0 saturated carbocycles. The summed E-state index contributed by atoms with van der Waals surface area (Å²) in [7, 11) is 0. The number of likely N-dealkylation sites (tertiary alicyclic amines) is 1. The van der Waals surface area contributed by atoms with Gasteiger partial charge in [0.15, 0.2) is 0 Å². The van der Waals surface area contributed by atoms with Crippen LogP contribution in [0.4, 0.5) is 0 Å². The van der Waals surface area contributed by atoms with Crippen LogP contribution >= 0.6 is 0 Å². The van der Waals surface area contributed by atoms with Crippen LogP contribution in [0.2, 0.25) is 0 Å². The highest BCUT2D eigenvalue weighted by Gasteiger charge is 2.20. The molecule has 0 aromatic rings. The number of nitrogens with zero attached hydrogens (tertiary/aromatic N) is 1. The van der Waals surface area contributed by atoms with Gasteiger partial charge in [-0.3, -0.25) is 0 Å². The van der Waals surface area contributed by atoms with E-state index in [0.717, 1.165) is 26.2 Å². The third-order valence-corrected chi connectivity index (χ3v) is 4.26. The van der Waals surface area contributed by atoms with Crippen LogP contribution in [-0.4, -0.2) is 56.5 Å². The molecule has 0 radical (unpaired) electrons. The van der Waals surface area contributed by atoms with E-state index in [0.29, 0.717) is 12.2 Å². The maximum Gasteiger partial charge on any atom is 0.0599 e. The predicted molar refractivity (Wildman–Crippen MR) is 77.3 cm³/mol. The molecular weight excluding hydrogens is 240 g/mol. The number of rotatable bonds is 8. The maximum atomic E-state index is 5.83. The Labute approximate surface area is 117 Å². The van der Waals surface area contributed by atoms with Crippen molar-refractivity contribution in [3.8, 4) is 0 Å². The third-order valence-electron chi connectivity index (χ3n) is 4.26. The van der Waals surface area contributed by atoms with E-state index in [1.807, 2.05) is 0 Å². The molecule has 0 spiro atoms. The van der Waals surface area contributed by atoms with Crippen molar-refractivity contribution in [2.75, 3.05) is 39.4 Å². The van der Waals surface area contributed by atoms with Crippen molar-refractivity contribution in [2.45, 2.75) is 57.2 Å². The minimum atomic E-state index is 0.473. The first-order valence-corrected chi connectivity index (χ1v) is 8.04. The van der Waals surface area contributed by atoms with Crippen LogP contribution in [-0.2, 0) is 9.47 Å². The molecule has 2 saturated heterocycles. The summed E-state index contributed by atoms with van der Waals surface area (Å²) in [4.78, 5) is 2.58. The molecule has 4 nitrogen and oxygen atoms in total. The molecule has 0 aromatic carbocycles. The van der Waals surface area contributed by atoms with E-state index in [1.165, 1.54) is 58.2 Å². The SMILES string of the molecule is NCCCOC1CCN(CCCC2CCCO2)CC1. The summed E-state index contributed by atoms with van der Waals surface area (Å²) in [6.45, 7) is 6.17. The van der Waals surface area contributed by atoms with E-state index in [2.05, 4.69) is 4.90 Å². The normalized spacial score (nSPS) is 26.1. The van der Waals surface area contributed by atoms with Crippen molar-refractivity contribution in [1.82, 2.24) is 4.90 Å². The van der Waals surface area contributed by atoms with Crippen LogP contribution in [0.15, 0.2) is 0 Å². The molecule has 2 N–H and O–H groups in total. The lowest BCUT2D eigenvalue weighted by molar-refractivity contribution is 0.00612. The van der Waals surface area contributed by atoms with Gasteiger partial charge in [0, 0.05) is 26.3 Å². The number of piperidine rings is 1. The summed E-state index contributed by atoms with van der Waals surface area (Å²) in [6.07, 6.45) is 9.44. The zero-order valence-electron chi connectivity index (χ0n) is 12.2. The largest absolute Gasteiger partial charge is 0.378 e. The Balaban J connectivity index is 1.48. The van der Waals surface area contributed by atoms with E-state index >= 15 is 0 Å². The highest BCUT2D eigenvalue weighted by molar-refractivity contribution is 4.73. The lowest BCUT2D eigenvalue weighted by Gasteiger charge is -2.32. The molecule has 2 aliphatic heterocycles.